The number of rotatable bonds is 4. The summed E-state index contributed by atoms with van der Waals surface area (Å²) in [6, 6.07) is 8.40. The standard InChI is InChI=1S/C15H23NO/c1-2-13-7-6-8-14(11-13)17-15(12-16)9-4-3-5-10-15/h6-8,11H,2-5,9-10,12,16H2,1H3. The lowest BCUT2D eigenvalue weighted by atomic mass is 9.84. The summed E-state index contributed by atoms with van der Waals surface area (Å²) in [5.41, 5.74) is 7.15. The topological polar surface area (TPSA) is 35.2 Å². The van der Waals surface area contributed by atoms with E-state index >= 15 is 0 Å². The Kier molecular flexibility index (Phi) is 4.06. The van der Waals surface area contributed by atoms with Gasteiger partial charge in [0.05, 0.1) is 0 Å². The summed E-state index contributed by atoms with van der Waals surface area (Å²) in [6.07, 6.45) is 7.04. The molecule has 1 aromatic carbocycles. The van der Waals surface area contributed by atoms with Crippen LogP contribution in [0.3, 0.4) is 0 Å². The lowest BCUT2D eigenvalue weighted by molar-refractivity contribution is 0.0386. The maximum absolute atomic E-state index is 6.21. The van der Waals surface area contributed by atoms with Gasteiger partial charge in [0.15, 0.2) is 0 Å². The minimum Gasteiger partial charge on any atom is -0.486 e. The monoisotopic (exact) mass is 233 g/mol. The second-order valence-electron chi connectivity index (χ2n) is 5.05. The molecule has 94 valence electrons. The zero-order chi connectivity index (χ0) is 12.1. The molecule has 0 radical (unpaired) electrons. The second-order valence-corrected chi connectivity index (χ2v) is 5.05. The molecule has 0 heterocycles. The number of hydrogen-bond donors (Lipinski definition) is 1. The first-order valence-electron chi connectivity index (χ1n) is 6.76. The number of ether oxygens (including phenoxy) is 1. The molecular formula is C15H23NO. The Morgan fingerprint density at radius 3 is 2.65 bits per heavy atom. The molecule has 1 aliphatic rings. The fourth-order valence-corrected chi connectivity index (χ4v) is 2.62. The van der Waals surface area contributed by atoms with Gasteiger partial charge in [-0.2, -0.15) is 0 Å². The van der Waals surface area contributed by atoms with E-state index in [0.717, 1.165) is 25.0 Å². The maximum atomic E-state index is 6.21. The van der Waals surface area contributed by atoms with Crippen molar-refractivity contribution < 1.29 is 4.74 Å². The second kappa shape index (κ2) is 5.54. The predicted octanol–water partition coefficient (Wildman–Crippen LogP) is 3.29. The number of benzene rings is 1. The Morgan fingerprint density at radius 1 is 1.24 bits per heavy atom. The third-order valence-corrected chi connectivity index (χ3v) is 3.78. The smallest absolute Gasteiger partial charge is 0.121 e. The minimum absolute atomic E-state index is 0.107. The zero-order valence-corrected chi connectivity index (χ0v) is 10.7. The summed E-state index contributed by atoms with van der Waals surface area (Å²) in [4.78, 5) is 0. The highest BCUT2D eigenvalue weighted by Crippen LogP contribution is 2.32. The minimum atomic E-state index is -0.107. The molecule has 2 N–H and O–H groups in total. The van der Waals surface area contributed by atoms with Crippen LogP contribution in [0, 0.1) is 0 Å². The largest absolute Gasteiger partial charge is 0.486 e. The van der Waals surface area contributed by atoms with E-state index in [0.29, 0.717) is 6.54 Å². The lowest BCUT2D eigenvalue weighted by Gasteiger charge is -2.36. The molecule has 2 heteroatoms. The Labute approximate surface area is 104 Å². The van der Waals surface area contributed by atoms with Crippen LogP contribution in [0.25, 0.3) is 0 Å². The summed E-state index contributed by atoms with van der Waals surface area (Å²) >= 11 is 0. The zero-order valence-electron chi connectivity index (χ0n) is 10.7. The molecule has 1 aliphatic carbocycles. The number of aryl methyl sites for hydroxylation is 1. The van der Waals surface area contributed by atoms with Gasteiger partial charge in [-0.3, -0.25) is 0 Å². The van der Waals surface area contributed by atoms with E-state index in [1.807, 2.05) is 6.07 Å². The molecule has 0 spiro atoms. The van der Waals surface area contributed by atoms with Gasteiger partial charge >= 0.3 is 0 Å². The van der Waals surface area contributed by atoms with Gasteiger partial charge in [0, 0.05) is 6.54 Å². The first-order valence-corrected chi connectivity index (χ1v) is 6.76. The summed E-state index contributed by atoms with van der Waals surface area (Å²) in [7, 11) is 0. The fraction of sp³-hybridized carbons (Fsp3) is 0.600. The van der Waals surface area contributed by atoms with Gasteiger partial charge in [-0.05, 0) is 49.8 Å². The molecule has 17 heavy (non-hydrogen) atoms. The van der Waals surface area contributed by atoms with Crippen molar-refractivity contribution in [3.8, 4) is 5.75 Å². The van der Waals surface area contributed by atoms with Crippen molar-refractivity contribution >= 4 is 0 Å². The van der Waals surface area contributed by atoms with Crippen LogP contribution in [-0.2, 0) is 6.42 Å². The molecule has 1 fully saturated rings. The van der Waals surface area contributed by atoms with Crippen LogP contribution in [0.15, 0.2) is 24.3 Å². The first-order chi connectivity index (χ1) is 8.28. The van der Waals surface area contributed by atoms with Crippen LogP contribution in [0.1, 0.15) is 44.6 Å². The van der Waals surface area contributed by atoms with Crippen molar-refractivity contribution in [1.82, 2.24) is 0 Å². The molecule has 2 nitrogen and oxygen atoms in total. The van der Waals surface area contributed by atoms with Gasteiger partial charge in [0.1, 0.15) is 11.4 Å². The van der Waals surface area contributed by atoms with Crippen LogP contribution in [-0.4, -0.2) is 12.1 Å². The van der Waals surface area contributed by atoms with Crippen molar-refractivity contribution in [3.05, 3.63) is 29.8 Å². The van der Waals surface area contributed by atoms with Crippen LogP contribution in [0.2, 0.25) is 0 Å². The Morgan fingerprint density at radius 2 is 2.00 bits per heavy atom. The number of hydrogen-bond acceptors (Lipinski definition) is 2. The van der Waals surface area contributed by atoms with E-state index in [9.17, 15) is 0 Å². The summed E-state index contributed by atoms with van der Waals surface area (Å²) < 4.78 is 6.21. The Balaban J connectivity index is 2.11. The van der Waals surface area contributed by atoms with Gasteiger partial charge in [-0.1, -0.05) is 25.5 Å². The maximum Gasteiger partial charge on any atom is 0.121 e. The predicted molar refractivity (Wildman–Crippen MR) is 71.3 cm³/mol. The highest BCUT2D eigenvalue weighted by atomic mass is 16.5. The normalized spacial score (nSPS) is 18.9. The van der Waals surface area contributed by atoms with E-state index in [-0.39, 0.29) is 5.60 Å². The van der Waals surface area contributed by atoms with Crippen LogP contribution >= 0.6 is 0 Å². The molecule has 0 amide bonds. The van der Waals surface area contributed by atoms with Crippen molar-refractivity contribution in [2.24, 2.45) is 5.73 Å². The van der Waals surface area contributed by atoms with Gasteiger partial charge in [0.25, 0.3) is 0 Å². The highest BCUT2D eigenvalue weighted by Gasteiger charge is 2.32. The summed E-state index contributed by atoms with van der Waals surface area (Å²) in [6.45, 7) is 2.79. The first kappa shape index (κ1) is 12.4. The third-order valence-electron chi connectivity index (χ3n) is 3.78. The average molecular weight is 233 g/mol. The number of nitrogens with two attached hydrogens (primary N) is 1. The molecule has 2 rings (SSSR count). The highest BCUT2D eigenvalue weighted by molar-refractivity contribution is 5.29. The van der Waals surface area contributed by atoms with E-state index in [4.69, 9.17) is 10.5 Å². The van der Waals surface area contributed by atoms with Crippen molar-refractivity contribution in [2.75, 3.05) is 6.54 Å². The van der Waals surface area contributed by atoms with Crippen molar-refractivity contribution in [1.29, 1.82) is 0 Å². The van der Waals surface area contributed by atoms with Crippen molar-refractivity contribution in [2.45, 2.75) is 51.0 Å². The molecule has 0 aromatic heterocycles. The van der Waals surface area contributed by atoms with Gasteiger partial charge in [-0.15, -0.1) is 0 Å². The van der Waals surface area contributed by atoms with E-state index in [1.54, 1.807) is 0 Å². The summed E-state index contributed by atoms with van der Waals surface area (Å²) in [5, 5.41) is 0. The average Bonchev–Trinajstić information content (AvgIpc) is 2.40. The quantitative estimate of drug-likeness (QED) is 0.866. The molecule has 0 unspecified atom stereocenters. The summed E-state index contributed by atoms with van der Waals surface area (Å²) in [5.74, 6) is 0.983. The van der Waals surface area contributed by atoms with Crippen LogP contribution in [0.4, 0.5) is 0 Å². The molecule has 1 saturated carbocycles. The lowest BCUT2D eigenvalue weighted by Crippen LogP contribution is -2.45. The molecule has 0 bridgehead atoms. The SMILES string of the molecule is CCc1cccc(OC2(CN)CCCCC2)c1. The molecule has 0 atom stereocenters. The molecule has 1 aromatic rings. The molecular weight excluding hydrogens is 210 g/mol. The van der Waals surface area contributed by atoms with E-state index in [2.05, 4.69) is 25.1 Å². The van der Waals surface area contributed by atoms with E-state index in [1.165, 1.54) is 24.8 Å². The molecule has 0 aliphatic heterocycles. The van der Waals surface area contributed by atoms with E-state index < -0.39 is 0 Å². The fourth-order valence-electron chi connectivity index (χ4n) is 2.62. The van der Waals surface area contributed by atoms with Gasteiger partial charge in [-0.25, -0.2) is 0 Å². The van der Waals surface area contributed by atoms with Crippen LogP contribution in [0.5, 0.6) is 5.75 Å². The van der Waals surface area contributed by atoms with Crippen LogP contribution < -0.4 is 10.5 Å². The van der Waals surface area contributed by atoms with Gasteiger partial charge in [0.2, 0.25) is 0 Å². The Bertz CT molecular complexity index is 356. The van der Waals surface area contributed by atoms with Crippen molar-refractivity contribution in [3.63, 3.8) is 0 Å². The molecule has 0 saturated heterocycles. The third kappa shape index (κ3) is 3.01. The Hall–Kier alpha value is -1.02. The van der Waals surface area contributed by atoms with Gasteiger partial charge < -0.3 is 10.5 Å².